The van der Waals surface area contributed by atoms with Crippen molar-refractivity contribution in [1.82, 2.24) is 10.6 Å². The van der Waals surface area contributed by atoms with Crippen molar-refractivity contribution in [3.8, 4) is 0 Å². The van der Waals surface area contributed by atoms with Gasteiger partial charge in [0.2, 0.25) is 0 Å². The van der Waals surface area contributed by atoms with E-state index in [0.717, 1.165) is 18.1 Å². The van der Waals surface area contributed by atoms with E-state index in [0.29, 0.717) is 5.56 Å². The van der Waals surface area contributed by atoms with Gasteiger partial charge in [-0.05, 0) is 41.7 Å². The smallest absolute Gasteiger partial charge is 0.315 e. The minimum absolute atomic E-state index is 0.199. The molecule has 0 radical (unpaired) electrons. The Hall–Kier alpha value is -2.50. The minimum atomic E-state index is -0.616. The summed E-state index contributed by atoms with van der Waals surface area (Å²) in [6, 6.07) is 9.01. The van der Waals surface area contributed by atoms with E-state index >= 15 is 0 Å². The lowest BCUT2D eigenvalue weighted by Crippen LogP contribution is -2.40. The molecule has 2 amide bonds. The Labute approximate surface area is 144 Å². The van der Waals surface area contributed by atoms with Crippen LogP contribution in [0.4, 0.5) is 18.0 Å². The van der Waals surface area contributed by atoms with Crippen LogP contribution in [0.5, 0.6) is 0 Å². The van der Waals surface area contributed by atoms with Gasteiger partial charge in [0, 0.05) is 24.6 Å². The van der Waals surface area contributed by atoms with Crippen LogP contribution < -0.4 is 10.6 Å². The van der Waals surface area contributed by atoms with Crippen LogP contribution in [0.15, 0.2) is 42.5 Å². The zero-order chi connectivity index (χ0) is 18.0. The highest BCUT2D eigenvalue weighted by Gasteiger charge is 2.53. The summed E-state index contributed by atoms with van der Waals surface area (Å²) in [4.78, 5) is 12.0. The molecule has 3 rings (SSSR count). The molecule has 1 aliphatic rings. The highest BCUT2D eigenvalue weighted by Crippen LogP contribution is 2.54. The monoisotopic (exact) mass is 348 g/mol. The van der Waals surface area contributed by atoms with Crippen LogP contribution in [0.2, 0.25) is 0 Å². The van der Waals surface area contributed by atoms with Crippen LogP contribution in [0.3, 0.4) is 0 Å². The van der Waals surface area contributed by atoms with Crippen molar-refractivity contribution in [2.45, 2.75) is 25.3 Å². The van der Waals surface area contributed by atoms with Gasteiger partial charge in [0.15, 0.2) is 0 Å². The third-order valence-corrected chi connectivity index (χ3v) is 4.85. The van der Waals surface area contributed by atoms with Crippen LogP contribution in [-0.4, -0.2) is 12.6 Å². The Morgan fingerprint density at radius 3 is 2.32 bits per heavy atom. The Morgan fingerprint density at radius 2 is 1.72 bits per heavy atom. The molecule has 25 heavy (non-hydrogen) atoms. The van der Waals surface area contributed by atoms with E-state index in [1.807, 2.05) is 6.92 Å². The van der Waals surface area contributed by atoms with Crippen molar-refractivity contribution in [2.24, 2.45) is 5.92 Å². The molecule has 2 atom stereocenters. The van der Waals surface area contributed by atoms with Gasteiger partial charge in [-0.15, -0.1) is 0 Å². The Bertz CT molecular complexity index is 779. The van der Waals surface area contributed by atoms with E-state index in [9.17, 15) is 18.0 Å². The number of nitrogens with one attached hydrogen (secondary N) is 2. The summed E-state index contributed by atoms with van der Waals surface area (Å²) in [5, 5.41) is 5.44. The molecule has 2 N–H and O–H groups in total. The van der Waals surface area contributed by atoms with Crippen molar-refractivity contribution in [3.05, 3.63) is 71.0 Å². The van der Waals surface area contributed by atoms with Crippen LogP contribution in [0, 0.1) is 23.4 Å². The summed E-state index contributed by atoms with van der Waals surface area (Å²) in [6.45, 7) is 2.51. The Balaban J connectivity index is 1.58. The fraction of sp³-hybridized carbons (Fsp3) is 0.316. The van der Waals surface area contributed by atoms with Crippen LogP contribution in [0.1, 0.15) is 24.5 Å². The minimum Gasteiger partial charge on any atom is -0.337 e. The standard InChI is InChI=1S/C19H19F3N2O/c1-12-9-19(12,16-7-6-15(21)8-17(16)22)11-24-18(25)23-10-13-2-4-14(20)5-3-13/h2-8,12H,9-11H2,1H3,(H2,23,24,25). The highest BCUT2D eigenvalue weighted by molar-refractivity contribution is 5.74. The topological polar surface area (TPSA) is 41.1 Å². The lowest BCUT2D eigenvalue weighted by Gasteiger charge is -2.19. The fourth-order valence-corrected chi connectivity index (χ4v) is 3.18. The maximum absolute atomic E-state index is 14.1. The average Bonchev–Trinajstić information content (AvgIpc) is 3.23. The first kappa shape index (κ1) is 17.3. The van der Waals surface area contributed by atoms with Gasteiger partial charge in [0.05, 0.1) is 0 Å². The van der Waals surface area contributed by atoms with Crippen molar-refractivity contribution >= 4 is 6.03 Å². The van der Waals surface area contributed by atoms with E-state index < -0.39 is 17.0 Å². The van der Waals surface area contributed by atoms with Crippen molar-refractivity contribution < 1.29 is 18.0 Å². The predicted octanol–water partition coefficient (Wildman–Crippen LogP) is 3.88. The van der Waals surface area contributed by atoms with Gasteiger partial charge in [0.25, 0.3) is 0 Å². The lowest BCUT2D eigenvalue weighted by atomic mass is 9.93. The number of amides is 2. The lowest BCUT2D eigenvalue weighted by molar-refractivity contribution is 0.239. The number of hydrogen-bond donors (Lipinski definition) is 2. The molecular weight excluding hydrogens is 329 g/mol. The molecule has 0 aromatic heterocycles. The summed E-state index contributed by atoms with van der Waals surface area (Å²) < 4.78 is 40.0. The first-order chi connectivity index (χ1) is 11.9. The number of carbonyl (C=O) groups excluding carboxylic acids is 1. The van der Waals surface area contributed by atoms with E-state index in [2.05, 4.69) is 10.6 Å². The van der Waals surface area contributed by atoms with E-state index in [1.165, 1.54) is 24.3 Å². The Morgan fingerprint density at radius 1 is 1.08 bits per heavy atom. The molecule has 2 unspecified atom stereocenters. The second-order valence-electron chi connectivity index (χ2n) is 6.55. The number of rotatable bonds is 5. The molecule has 0 heterocycles. The Kier molecular flexibility index (Phi) is 4.70. The SMILES string of the molecule is CC1CC1(CNC(=O)NCc1ccc(F)cc1)c1ccc(F)cc1F. The van der Waals surface area contributed by atoms with Gasteiger partial charge < -0.3 is 10.6 Å². The third kappa shape index (κ3) is 3.78. The third-order valence-electron chi connectivity index (χ3n) is 4.85. The molecule has 2 aromatic carbocycles. The molecular formula is C19H19F3N2O. The molecule has 132 valence electrons. The van der Waals surface area contributed by atoms with E-state index in [4.69, 9.17) is 0 Å². The second kappa shape index (κ2) is 6.78. The first-order valence-electron chi connectivity index (χ1n) is 8.12. The summed E-state index contributed by atoms with van der Waals surface area (Å²) in [7, 11) is 0. The maximum Gasteiger partial charge on any atom is 0.315 e. The molecule has 1 saturated carbocycles. The summed E-state index contributed by atoms with van der Waals surface area (Å²) in [5.41, 5.74) is 0.709. The van der Waals surface area contributed by atoms with Crippen LogP contribution in [-0.2, 0) is 12.0 Å². The van der Waals surface area contributed by atoms with Gasteiger partial charge in [0.1, 0.15) is 17.5 Å². The fourth-order valence-electron chi connectivity index (χ4n) is 3.18. The van der Waals surface area contributed by atoms with Gasteiger partial charge in [-0.2, -0.15) is 0 Å². The number of halogens is 3. The van der Waals surface area contributed by atoms with Gasteiger partial charge >= 0.3 is 6.03 Å². The largest absolute Gasteiger partial charge is 0.337 e. The number of carbonyl (C=O) groups is 1. The quantitative estimate of drug-likeness (QED) is 0.846. The number of benzene rings is 2. The van der Waals surface area contributed by atoms with Crippen LogP contribution in [0.25, 0.3) is 0 Å². The van der Waals surface area contributed by atoms with Crippen molar-refractivity contribution in [2.75, 3.05) is 6.54 Å². The molecule has 0 spiro atoms. The molecule has 3 nitrogen and oxygen atoms in total. The van der Waals surface area contributed by atoms with Gasteiger partial charge in [-0.25, -0.2) is 18.0 Å². The number of hydrogen-bond acceptors (Lipinski definition) is 1. The van der Waals surface area contributed by atoms with Gasteiger partial charge in [-0.3, -0.25) is 0 Å². The second-order valence-corrected chi connectivity index (χ2v) is 6.55. The summed E-state index contributed by atoms with van der Waals surface area (Å²) in [5.74, 6) is -1.34. The van der Waals surface area contributed by atoms with Crippen molar-refractivity contribution in [3.63, 3.8) is 0 Å². The van der Waals surface area contributed by atoms with E-state index in [1.54, 1.807) is 12.1 Å². The zero-order valence-corrected chi connectivity index (χ0v) is 13.8. The van der Waals surface area contributed by atoms with Crippen LogP contribution >= 0.6 is 0 Å². The zero-order valence-electron chi connectivity index (χ0n) is 13.8. The molecule has 1 fully saturated rings. The first-order valence-corrected chi connectivity index (χ1v) is 8.12. The highest BCUT2D eigenvalue weighted by atomic mass is 19.1. The average molecular weight is 348 g/mol. The van der Waals surface area contributed by atoms with Gasteiger partial charge in [-0.1, -0.05) is 25.1 Å². The summed E-state index contributed by atoms with van der Waals surface area (Å²) >= 11 is 0. The molecule has 0 aliphatic heterocycles. The normalized spacial score (nSPS) is 21.7. The maximum atomic E-state index is 14.1. The molecule has 0 saturated heterocycles. The molecule has 1 aliphatic carbocycles. The predicted molar refractivity (Wildman–Crippen MR) is 88.5 cm³/mol. The molecule has 6 heteroatoms. The summed E-state index contributed by atoms with van der Waals surface area (Å²) in [6.07, 6.45) is 0.730. The van der Waals surface area contributed by atoms with E-state index in [-0.39, 0.29) is 30.9 Å². The number of urea groups is 1. The van der Waals surface area contributed by atoms with Crippen molar-refractivity contribution in [1.29, 1.82) is 0 Å². The molecule has 2 aromatic rings. The molecule has 0 bridgehead atoms.